The van der Waals surface area contributed by atoms with Gasteiger partial charge in [-0.3, -0.25) is 0 Å². The minimum Gasteiger partial charge on any atom is -0.314 e. The van der Waals surface area contributed by atoms with E-state index in [-0.39, 0.29) is 5.95 Å². The minimum absolute atomic E-state index is 0.0982. The first kappa shape index (κ1) is 11.2. The summed E-state index contributed by atoms with van der Waals surface area (Å²) in [7, 11) is -3.52. The Morgan fingerprint density at radius 1 is 1.25 bits per heavy atom. The molecule has 1 aromatic heterocycles. The molecule has 0 atom stereocenters. The van der Waals surface area contributed by atoms with Crippen molar-refractivity contribution in [2.24, 2.45) is 0 Å². The molecule has 0 unspecified atom stereocenters. The van der Waals surface area contributed by atoms with Crippen LogP contribution in [0.5, 0.6) is 0 Å². The van der Waals surface area contributed by atoms with Gasteiger partial charge in [0.25, 0.3) is 0 Å². The molecule has 1 saturated heterocycles. The predicted octanol–water partition coefficient (Wildman–Crippen LogP) is -0.961. The fourth-order valence-corrected chi connectivity index (χ4v) is 2.54. The van der Waals surface area contributed by atoms with Crippen LogP contribution in [-0.4, -0.2) is 48.9 Å². The van der Waals surface area contributed by atoms with Crippen LogP contribution in [0.4, 0.5) is 5.95 Å². The third kappa shape index (κ3) is 2.65. The highest BCUT2D eigenvalue weighted by Crippen LogP contribution is 2.05. The van der Waals surface area contributed by atoms with Crippen LogP contribution in [0.25, 0.3) is 0 Å². The van der Waals surface area contributed by atoms with Gasteiger partial charge in [0.15, 0.2) is 0 Å². The molecular weight excluding hydrogens is 230 g/mol. The van der Waals surface area contributed by atoms with Gasteiger partial charge in [-0.05, 0) is 6.07 Å². The van der Waals surface area contributed by atoms with Gasteiger partial charge in [0, 0.05) is 38.6 Å². The molecule has 0 aromatic carbocycles. The van der Waals surface area contributed by atoms with Crippen molar-refractivity contribution in [3.63, 3.8) is 0 Å². The Labute approximate surface area is 94.1 Å². The lowest BCUT2D eigenvalue weighted by molar-refractivity contribution is 0.362. The third-order valence-electron chi connectivity index (χ3n) is 2.20. The number of nitrogens with zero attached hydrogens (tertiary/aromatic N) is 3. The number of rotatable bonds is 3. The van der Waals surface area contributed by atoms with Crippen molar-refractivity contribution in [3.05, 3.63) is 18.5 Å². The first-order valence-corrected chi connectivity index (χ1v) is 6.38. The first-order valence-electron chi connectivity index (χ1n) is 4.94. The summed E-state index contributed by atoms with van der Waals surface area (Å²) < 4.78 is 27.4. The normalized spacial score (nSPS) is 18.2. The topological polar surface area (TPSA) is 87.2 Å². The van der Waals surface area contributed by atoms with E-state index in [0.29, 0.717) is 26.2 Å². The second-order valence-electron chi connectivity index (χ2n) is 3.33. The molecule has 88 valence electrons. The lowest BCUT2D eigenvalue weighted by Gasteiger charge is -2.26. The van der Waals surface area contributed by atoms with E-state index in [2.05, 4.69) is 20.0 Å². The number of anilines is 1. The van der Waals surface area contributed by atoms with Crippen LogP contribution in [0.2, 0.25) is 0 Å². The predicted molar refractivity (Wildman–Crippen MR) is 59.0 cm³/mol. The van der Waals surface area contributed by atoms with E-state index in [0.717, 1.165) is 0 Å². The fraction of sp³-hybridized carbons (Fsp3) is 0.500. The molecule has 0 amide bonds. The van der Waals surface area contributed by atoms with Gasteiger partial charge in [0.05, 0.1) is 0 Å². The zero-order valence-electron chi connectivity index (χ0n) is 8.63. The standard InChI is InChI=1S/C8H13N5O2S/c14-16(15,13-6-4-9-5-7-13)12-8-10-2-1-3-11-8/h1-3,9H,4-7H2,(H,10,11,12). The molecule has 2 rings (SSSR count). The molecule has 16 heavy (non-hydrogen) atoms. The molecule has 0 radical (unpaired) electrons. The second kappa shape index (κ2) is 4.73. The molecular formula is C8H13N5O2S. The van der Waals surface area contributed by atoms with E-state index in [1.54, 1.807) is 6.07 Å². The zero-order chi connectivity index (χ0) is 11.4. The summed E-state index contributed by atoms with van der Waals surface area (Å²) in [6, 6.07) is 1.63. The number of aromatic nitrogens is 2. The van der Waals surface area contributed by atoms with Gasteiger partial charge in [-0.25, -0.2) is 14.7 Å². The minimum atomic E-state index is -3.52. The molecule has 1 aliphatic heterocycles. The van der Waals surface area contributed by atoms with Crippen LogP contribution in [0.15, 0.2) is 18.5 Å². The molecule has 1 aliphatic rings. The molecule has 0 saturated carbocycles. The quantitative estimate of drug-likeness (QED) is 0.714. The molecule has 2 N–H and O–H groups in total. The maximum absolute atomic E-state index is 11.9. The van der Waals surface area contributed by atoms with E-state index in [9.17, 15) is 8.42 Å². The molecule has 7 nitrogen and oxygen atoms in total. The monoisotopic (exact) mass is 243 g/mol. The van der Waals surface area contributed by atoms with Gasteiger partial charge in [-0.15, -0.1) is 0 Å². The molecule has 0 spiro atoms. The Hall–Kier alpha value is -1.25. The van der Waals surface area contributed by atoms with Crippen LogP contribution in [0, 0.1) is 0 Å². The van der Waals surface area contributed by atoms with Gasteiger partial charge in [-0.2, -0.15) is 12.7 Å². The Bertz CT molecular complexity index is 429. The van der Waals surface area contributed by atoms with E-state index in [1.807, 2.05) is 0 Å². The lowest BCUT2D eigenvalue weighted by atomic mass is 10.4. The van der Waals surface area contributed by atoms with Crippen molar-refractivity contribution in [2.45, 2.75) is 0 Å². The van der Waals surface area contributed by atoms with Crippen molar-refractivity contribution < 1.29 is 8.42 Å². The van der Waals surface area contributed by atoms with Crippen molar-refractivity contribution in [2.75, 3.05) is 30.9 Å². The Morgan fingerprint density at radius 3 is 2.50 bits per heavy atom. The van der Waals surface area contributed by atoms with Gasteiger partial charge in [0.1, 0.15) is 0 Å². The number of piperazine rings is 1. The largest absolute Gasteiger partial charge is 0.314 e. The summed E-state index contributed by atoms with van der Waals surface area (Å²) in [6.07, 6.45) is 2.98. The van der Waals surface area contributed by atoms with Crippen molar-refractivity contribution >= 4 is 16.2 Å². The summed E-state index contributed by atoms with van der Waals surface area (Å²) in [4.78, 5) is 7.63. The van der Waals surface area contributed by atoms with E-state index in [4.69, 9.17) is 0 Å². The van der Waals surface area contributed by atoms with Crippen molar-refractivity contribution in [1.82, 2.24) is 19.6 Å². The summed E-state index contributed by atoms with van der Waals surface area (Å²) in [5.74, 6) is 0.0982. The highest BCUT2D eigenvalue weighted by molar-refractivity contribution is 7.90. The lowest BCUT2D eigenvalue weighted by Crippen LogP contribution is -2.48. The molecule has 8 heteroatoms. The SMILES string of the molecule is O=S(=O)(Nc1ncccn1)N1CCNCC1. The Morgan fingerprint density at radius 2 is 1.88 bits per heavy atom. The van der Waals surface area contributed by atoms with Crippen LogP contribution >= 0.6 is 0 Å². The van der Waals surface area contributed by atoms with Crippen LogP contribution in [-0.2, 0) is 10.2 Å². The van der Waals surface area contributed by atoms with Gasteiger partial charge in [0.2, 0.25) is 5.95 Å². The third-order valence-corrected chi connectivity index (χ3v) is 3.69. The Balaban J connectivity index is 2.08. The van der Waals surface area contributed by atoms with Crippen LogP contribution in [0.3, 0.4) is 0 Å². The highest BCUT2D eigenvalue weighted by Gasteiger charge is 2.24. The second-order valence-corrected chi connectivity index (χ2v) is 5.00. The van der Waals surface area contributed by atoms with Crippen LogP contribution < -0.4 is 10.0 Å². The summed E-state index contributed by atoms with van der Waals surface area (Å²) in [5.41, 5.74) is 0. The summed E-state index contributed by atoms with van der Waals surface area (Å²) >= 11 is 0. The van der Waals surface area contributed by atoms with E-state index in [1.165, 1.54) is 16.7 Å². The van der Waals surface area contributed by atoms with Crippen LogP contribution in [0.1, 0.15) is 0 Å². The summed E-state index contributed by atoms with van der Waals surface area (Å²) in [5, 5.41) is 3.09. The van der Waals surface area contributed by atoms with Gasteiger partial charge >= 0.3 is 10.2 Å². The first-order chi connectivity index (χ1) is 7.68. The summed E-state index contributed by atoms with van der Waals surface area (Å²) in [6.45, 7) is 2.25. The van der Waals surface area contributed by atoms with Crippen molar-refractivity contribution in [3.8, 4) is 0 Å². The molecule has 2 heterocycles. The van der Waals surface area contributed by atoms with Crippen molar-refractivity contribution in [1.29, 1.82) is 0 Å². The number of nitrogens with one attached hydrogen (secondary N) is 2. The smallest absolute Gasteiger partial charge is 0.304 e. The van der Waals surface area contributed by atoms with Gasteiger partial charge in [-0.1, -0.05) is 0 Å². The number of hydrogen-bond donors (Lipinski definition) is 2. The molecule has 0 aliphatic carbocycles. The Kier molecular flexibility index (Phi) is 3.32. The molecule has 0 bridgehead atoms. The maximum Gasteiger partial charge on any atom is 0.304 e. The van der Waals surface area contributed by atoms with E-state index >= 15 is 0 Å². The number of hydrogen-bond acceptors (Lipinski definition) is 5. The average Bonchev–Trinajstić information content (AvgIpc) is 2.31. The maximum atomic E-state index is 11.9. The molecule has 1 aromatic rings. The average molecular weight is 243 g/mol. The van der Waals surface area contributed by atoms with E-state index < -0.39 is 10.2 Å². The molecule has 1 fully saturated rings. The zero-order valence-corrected chi connectivity index (χ0v) is 9.44. The fourth-order valence-electron chi connectivity index (χ4n) is 1.42. The highest BCUT2D eigenvalue weighted by atomic mass is 32.2. The van der Waals surface area contributed by atoms with Gasteiger partial charge < -0.3 is 5.32 Å².